The minimum Gasteiger partial charge on any atom is -0.497 e. The van der Waals surface area contributed by atoms with Gasteiger partial charge in [0.05, 0.1) is 18.6 Å². The highest BCUT2D eigenvalue weighted by Gasteiger charge is 2.27. The number of amides is 1. The average molecular weight is 473 g/mol. The number of aryl methyl sites for hydroxylation is 1. The molecule has 0 saturated heterocycles. The van der Waals surface area contributed by atoms with Crippen molar-refractivity contribution < 1.29 is 17.9 Å². The molecule has 0 heterocycles. The van der Waals surface area contributed by atoms with Crippen LogP contribution in [0.5, 0.6) is 5.75 Å². The molecule has 168 valence electrons. The summed E-state index contributed by atoms with van der Waals surface area (Å²) in [5.41, 5.74) is 2.36. The summed E-state index contributed by atoms with van der Waals surface area (Å²) in [5.74, 6) is 0.122. The summed E-state index contributed by atoms with van der Waals surface area (Å²) in [6.07, 6.45) is 0.476. The molecule has 0 bridgehead atoms. The SMILES string of the molecule is COc1ccc(S(=O)(=O)N(CCc2ccccc2)CC(=O)Nc2ccc(Cl)cc2C)cc1. The monoisotopic (exact) mass is 472 g/mol. The smallest absolute Gasteiger partial charge is 0.243 e. The third kappa shape index (κ3) is 6.09. The Kier molecular flexibility index (Phi) is 7.90. The summed E-state index contributed by atoms with van der Waals surface area (Å²) in [6.45, 7) is 1.66. The van der Waals surface area contributed by atoms with E-state index in [-0.39, 0.29) is 18.0 Å². The second-order valence-corrected chi connectivity index (χ2v) is 9.63. The number of hydrogen-bond donors (Lipinski definition) is 1. The molecule has 0 aromatic heterocycles. The normalized spacial score (nSPS) is 11.4. The summed E-state index contributed by atoms with van der Waals surface area (Å²) < 4.78 is 33.0. The molecule has 0 saturated carbocycles. The molecule has 3 aromatic rings. The lowest BCUT2D eigenvalue weighted by atomic mass is 10.1. The second-order valence-electron chi connectivity index (χ2n) is 7.26. The van der Waals surface area contributed by atoms with Crippen LogP contribution in [0.1, 0.15) is 11.1 Å². The fourth-order valence-corrected chi connectivity index (χ4v) is 4.82. The highest BCUT2D eigenvalue weighted by Crippen LogP contribution is 2.22. The zero-order valence-electron chi connectivity index (χ0n) is 17.9. The minimum atomic E-state index is -3.90. The van der Waals surface area contributed by atoms with Crippen LogP contribution in [0.3, 0.4) is 0 Å². The van der Waals surface area contributed by atoms with Gasteiger partial charge in [0, 0.05) is 17.3 Å². The summed E-state index contributed by atoms with van der Waals surface area (Å²) in [7, 11) is -2.39. The molecule has 1 amide bonds. The van der Waals surface area contributed by atoms with Crippen molar-refractivity contribution in [2.45, 2.75) is 18.2 Å². The van der Waals surface area contributed by atoms with Gasteiger partial charge in [-0.25, -0.2) is 8.42 Å². The van der Waals surface area contributed by atoms with Crippen LogP contribution in [0.2, 0.25) is 5.02 Å². The van der Waals surface area contributed by atoms with Crippen LogP contribution < -0.4 is 10.1 Å². The zero-order valence-corrected chi connectivity index (χ0v) is 19.5. The fraction of sp³-hybridized carbons (Fsp3) is 0.208. The fourth-order valence-electron chi connectivity index (χ4n) is 3.20. The molecule has 3 rings (SSSR count). The second kappa shape index (κ2) is 10.6. The Bertz CT molecular complexity index is 1170. The number of benzene rings is 3. The molecule has 0 aliphatic heterocycles. The van der Waals surface area contributed by atoms with E-state index >= 15 is 0 Å². The predicted octanol–water partition coefficient (Wildman–Crippen LogP) is 4.53. The molecule has 0 aliphatic rings. The first-order valence-corrected chi connectivity index (χ1v) is 11.9. The van der Waals surface area contributed by atoms with E-state index in [0.29, 0.717) is 22.9 Å². The first-order valence-electron chi connectivity index (χ1n) is 10.0. The molecular formula is C24H25ClN2O4S. The maximum Gasteiger partial charge on any atom is 0.243 e. The maximum atomic E-state index is 13.3. The Morgan fingerprint density at radius 1 is 1.03 bits per heavy atom. The number of nitrogens with zero attached hydrogens (tertiary/aromatic N) is 1. The number of carbonyl (C=O) groups is 1. The number of ether oxygens (including phenoxy) is 1. The predicted molar refractivity (Wildman–Crippen MR) is 127 cm³/mol. The Morgan fingerprint density at radius 2 is 1.72 bits per heavy atom. The Morgan fingerprint density at radius 3 is 2.34 bits per heavy atom. The Hall–Kier alpha value is -2.87. The van der Waals surface area contributed by atoms with E-state index in [9.17, 15) is 13.2 Å². The van der Waals surface area contributed by atoms with Gasteiger partial charge in [-0.05, 0) is 66.9 Å². The molecule has 0 unspecified atom stereocenters. The molecular weight excluding hydrogens is 448 g/mol. The van der Waals surface area contributed by atoms with Crippen molar-refractivity contribution in [3.05, 3.63) is 88.9 Å². The van der Waals surface area contributed by atoms with Crippen LogP contribution in [-0.2, 0) is 21.2 Å². The van der Waals surface area contributed by atoms with Crippen molar-refractivity contribution in [1.82, 2.24) is 4.31 Å². The number of hydrogen-bond acceptors (Lipinski definition) is 4. The van der Waals surface area contributed by atoms with E-state index in [2.05, 4.69) is 5.32 Å². The Balaban J connectivity index is 1.82. The first kappa shape index (κ1) is 23.8. The largest absolute Gasteiger partial charge is 0.497 e. The van der Waals surface area contributed by atoms with Crippen LogP contribution in [-0.4, -0.2) is 38.8 Å². The maximum absolute atomic E-state index is 13.3. The molecule has 0 fully saturated rings. The molecule has 8 heteroatoms. The average Bonchev–Trinajstić information content (AvgIpc) is 2.79. The number of rotatable bonds is 9. The first-order chi connectivity index (χ1) is 15.3. The third-order valence-corrected chi connectivity index (χ3v) is 7.07. The topological polar surface area (TPSA) is 75.7 Å². The standard InChI is InChI=1S/C24H25ClN2O4S/c1-18-16-20(25)8-13-23(18)26-24(28)17-27(15-14-19-6-4-3-5-7-19)32(29,30)22-11-9-21(31-2)10-12-22/h3-13,16H,14-15,17H2,1-2H3,(H,26,28). The van der Waals surface area contributed by atoms with Crippen LogP contribution in [0.15, 0.2) is 77.7 Å². The molecule has 0 radical (unpaired) electrons. The molecule has 32 heavy (non-hydrogen) atoms. The van der Waals surface area contributed by atoms with Crippen molar-refractivity contribution in [2.75, 3.05) is 25.5 Å². The summed E-state index contributed by atoms with van der Waals surface area (Å²) in [5, 5.41) is 3.35. The van der Waals surface area contributed by atoms with Gasteiger partial charge in [-0.2, -0.15) is 4.31 Å². The van der Waals surface area contributed by atoms with Crippen molar-refractivity contribution in [2.24, 2.45) is 0 Å². The van der Waals surface area contributed by atoms with Crippen LogP contribution >= 0.6 is 11.6 Å². The quantitative estimate of drug-likeness (QED) is 0.496. The summed E-state index contributed by atoms with van der Waals surface area (Å²) in [6, 6.07) is 20.8. The van der Waals surface area contributed by atoms with E-state index in [0.717, 1.165) is 11.1 Å². The van der Waals surface area contributed by atoms with Crippen molar-refractivity contribution in [3.8, 4) is 5.75 Å². The number of methoxy groups -OCH3 is 1. The van der Waals surface area contributed by atoms with Crippen LogP contribution in [0.25, 0.3) is 0 Å². The zero-order chi connectivity index (χ0) is 23.1. The van der Waals surface area contributed by atoms with Gasteiger partial charge in [-0.15, -0.1) is 0 Å². The number of carbonyl (C=O) groups excluding carboxylic acids is 1. The van der Waals surface area contributed by atoms with Gasteiger partial charge < -0.3 is 10.1 Å². The van der Waals surface area contributed by atoms with Gasteiger partial charge in [0.15, 0.2) is 0 Å². The van der Waals surface area contributed by atoms with E-state index in [4.69, 9.17) is 16.3 Å². The highest BCUT2D eigenvalue weighted by molar-refractivity contribution is 7.89. The van der Waals surface area contributed by atoms with E-state index in [1.54, 1.807) is 30.3 Å². The van der Waals surface area contributed by atoms with Gasteiger partial charge >= 0.3 is 0 Å². The summed E-state index contributed by atoms with van der Waals surface area (Å²) >= 11 is 5.98. The number of anilines is 1. The molecule has 0 aliphatic carbocycles. The molecule has 6 nitrogen and oxygen atoms in total. The van der Waals surface area contributed by atoms with Gasteiger partial charge in [0.2, 0.25) is 15.9 Å². The van der Waals surface area contributed by atoms with Crippen molar-refractivity contribution >= 4 is 33.2 Å². The molecule has 0 atom stereocenters. The molecule has 3 aromatic carbocycles. The highest BCUT2D eigenvalue weighted by atomic mass is 35.5. The lowest BCUT2D eigenvalue weighted by molar-refractivity contribution is -0.116. The van der Waals surface area contributed by atoms with E-state index in [1.807, 2.05) is 37.3 Å². The molecule has 0 spiro atoms. The number of nitrogens with one attached hydrogen (secondary N) is 1. The summed E-state index contributed by atoms with van der Waals surface area (Å²) in [4.78, 5) is 12.9. The minimum absolute atomic E-state index is 0.0989. The third-order valence-electron chi connectivity index (χ3n) is 4.97. The Labute approximate surface area is 193 Å². The van der Waals surface area contributed by atoms with E-state index < -0.39 is 15.9 Å². The lowest BCUT2D eigenvalue weighted by Crippen LogP contribution is -2.39. The number of halogens is 1. The van der Waals surface area contributed by atoms with Crippen molar-refractivity contribution in [1.29, 1.82) is 0 Å². The van der Waals surface area contributed by atoms with Gasteiger partial charge in [0.25, 0.3) is 0 Å². The van der Waals surface area contributed by atoms with Gasteiger partial charge in [-0.3, -0.25) is 4.79 Å². The van der Waals surface area contributed by atoms with Crippen LogP contribution in [0, 0.1) is 6.92 Å². The van der Waals surface area contributed by atoms with Gasteiger partial charge in [-0.1, -0.05) is 41.9 Å². The van der Waals surface area contributed by atoms with Crippen molar-refractivity contribution in [3.63, 3.8) is 0 Å². The van der Waals surface area contributed by atoms with Crippen LogP contribution in [0.4, 0.5) is 5.69 Å². The van der Waals surface area contributed by atoms with E-state index in [1.165, 1.54) is 23.5 Å². The molecule has 1 N–H and O–H groups in total. The lowest BCUT2D eigenvalue weighted by Gasteiger charge is -2.22. The van der Waals surface area contributed by atoms with Gasteiger partial charge in [0.1, 0.15) is 5.75 Å². The number of sulfonamides is 1.